The van der Waals surface area contributed by atoms with Crippen LogP contribution >= 0.6 is 0 Å². The number of likely N-dealkylation sites (N-methyl/N-ethyl adjacent to an activating group) is 2. The molecule has 0 aromatic carbocycles. The first-order chi connectivity index (χ1) is 7.06. The minimum atomic E-state index is 0.306. The molecule has 3 nitrogen and oxygen atoms in total. The molecule has 0 aliphatic carbocycles. The fourth-order valence-electron chi connectivity index (χ4n) is 2.37. The van der Waals surface area contributed by atoms with E-state index >= 15 is 0 Å². The summed E-state index contributed by atoms with van der Waals surface area (Å²) in [6.07, 6.45) is 2.44. The molecule has 0 spiro atoms. The van der Waals surface area contributed by atoms with Gasteiger partial charge in [0, 0.05) is 18.6 Å². The number of hydrogen-bond acceptors (Lipinski definition) is 3. The zero-order valence-electron chi connectivity index (χ0n) is 10.7. The second kappa shape index (κ2) is 5.83. The van der Waals surface area contributed by atoms with Crippen molar-refractivity contribution >= 4 is 0 Å². The molecule has 1 heterocycles. The van der Waals surface area contributed by atoms with Gasteiger partial charge in [0.05, 0.1) is 0 Å². The van der Waals surface area contributed by atoms with Crippen LogP contribution in [0.2, 0.25) is 0 Å². The van der Waals surface area contributed by atoms with E-state index in [-0.39, 0.29) is 0 Å². The Morgan fingerprint density at radius 3 is 2.60 bits per heavy atom. The predicted octanol–water partition coefficient (Wildman–Crippen LogP) is 0.996. The highest BCUT2D eigenvalue weighted by molar-refractivity contribution is 4.87. The van der Waals surface area contributed by atoms with Gasteiger partial charge in [0.2, 0.25) is 0 Å². The Kier molecular flexibility index (Phi) is 5.03. The molecule has 2 N–H and O–H groups in total. The zero-order valence-corrected chi connectivity index (χ0v) is 10.7. The van der Waals surface area contributed by atoms with Crippen molar-refractivity contribution in [2.45, 2.75) is 38.8 Å². The van der Waals surface area contributed by atoms with Crippen LogP contribution in [0.1, 0.15) is 26.7 Å². The average Bonchev–Trinajstić information content (AvgIpc) is 2.38. The Balaban J connectivity index is 2.62. The Morgan fingerprint density at radius 1 is 1.33 bits per heavy atom. The maximum absolute atomic E-state index is 6.36. The SMILES string of the molecule is CCC(C)C(N)C1CN(C)CCCN1C. The van der Waals surface area contributed by atoms with E-state index in [1.54, 1.807) is 0 Å². The summed E-state index contributed by atoms with van der Waals surface area (Å²) in [6, 6.07) is 0.827. The molecule has 0 aromatic heterocycles. The van der Waals surface area contributed by atoms with Crippen LogP contribution in [0.15, 0.2) is 0 Å². The Bertz CT molecular complexity index is 184. The van der Waals surface area contributed by atoms with E-state index in [4.69, 9.17) is 5.73 Å². The molecule has 0 amide bonds. The van der Waals surface area contributed by atoms with E-state index in [0.717, 1.165) is 6.54 Å². The summed E-state index contributed by atoms with van der Waals surface area (Å²) in [5.74, 6) is 0.615. The highest BCUT2D eigenvalue weighted by atomic mass is 15.2. The summed E-state index contributed by atoms with van der Waals surface area (Å²) in [5.41, 5.74) is 6.36. The molecule has 3 atom stereocenters. The van der Waals surface area contributed by atoms with Crippen LogP contribution in [0, 0.1) is 5.92 Å². The van der Waals surface area contributed by atoms with Gasteiger partial charge in [-0.2, -0.15) is 0 Å². The third-order valence-electron chi connectivity index (χ3n) is 3.86. The lowest BCUT2D eigenvalue weighted by atomic mass is 9.92. The second-order valence-electron chi connectivity index (χ2n) is 5.13. The first-order valence-electron chi connectivity index (χ1n) is 6.20. The molecule has 0 aromatic rings. The van der Waals surface area contributed by atoms with E-state index in [0.29, 0.717) is 18.0 Å². The summed E-state index contributed by atoms with van der Waals surface area (Å²) in [6.45, 7) is 7.99. The smallest absolute Gasteiger partial charge is 0.0373 e. The van der Waals surface area contributed by atoms with Gasteiger partial charge >= 0.3 is 0 Å². The second-order valence-corrected chi connectivity index (χ2v) is 5.13. The molecule has 0 bridgehead atoms. The molecule has 1 rings (SSSR count). The molecule has 90 valence electrons. The van der Waals surface area contributed by atoms with Gasteiger partial charge in [0.15, 0.2) is 0 Å². The monoisotopic (exact) mass is 213 g/mol. The zero-order chi connectivity index (χ0) is 11.4. The largest absolute Gasteiger partial charge is 0.326 e. The van der Waals surface area contributed by atoms with Crippen LogP contribution in [-0.4, -0.2) is 55.6 Å². The van der Waals surface area contributed by atoms with Crippen molar-refractivity contribution in [3.05, 3.63) is 0 Å². The van der Waals surface area contributed by atoms with Gasteiger partial charge in [0.1, 0.15) is 0 Å². The minimum Gasteiger partial charge on any atom is -0.326 e. The molecule has 0 radical (unpaired) electrons. The third kappa shape index (κ3) is 3.44. The Hall–Kier alpha value is -0.120. The van der Waals surface area contributed by atoms with Crippen molar-refractivity contribution in [1.29, 1.82) is 0 Å². The summed E-state index contributed by atoms with van der Waals surface area (Å²) in [7, 11) is 4.42. The molecule has 3 heteroatoms. The third-order valence-corrected chi connectivity index (χ3v) is 3.86. The van der Waals surface area contributed by atoms with Crippen LogP contribution in [0.4, 0.5) is 0 Å². The van der Waals surface area contributed by atoms with Crippen molar-refractivity contribution in [2.75, 3.05) is 33.7 Å². The molecule has 1 saturated heterocycles. The molecule has 1 aliphatic heterocycles. The fourth-order valence-corrected chi connectivity index (χ4v) is 2.37. The topological polar surface area (TPSA) is 32.5 Å². The predicted molar refractivity (Wildman–Crippen MR) is 66.0 cm³/mol. The lowest BCUT2D eigenvalue weighted by molar-refractivity contribution is 0.168. The van der Waals surface area contributed by atoms with Gasteiger partial charge in [-0.15, -0.1) is 0 Å². The molecule has 15 heavy (non-hydrogen) atoms. The maximum atomic E-state index is 6.36. The van der Waals surface area contributed by atoms with Gasteiger partial charge in [0.25, 0.3) is 0 Å². The van der Waals surface area contributed by atoms with Crippen molar-refractivity contribution in [2.24, 2.45) is 11.7 Å². The molecule has 3 unspecified atom stereocenters. The molecular weight excluding hydrogens is 186 g/mol. The summed E-state index contributed by atoms with van der Waals surface area (Å²) in [4.78, 5) is 4.86. The van der Waals surface area contributed by atoms with Crippen molar-refractivity contribution < 1.29 is 0 Å². The van der Waals surface area contributed by atoms with Crippen LogP contribution in [0.25, 0.3) is 0 Å². The Labute approximate surface area is 94.6 Å². The lowest BCUT2D eigenvalue weighted by Gasteiger charge is -2.35. The van der Waals surface area contributed by atoms with Crippen LogP contribution in [-0.2, 0) is 0 Å². The van der Waals surface area contributed by atoms with Crippen molar-refractivity contribution in [1.82, 2.24) is 9.80 Å². The normalized spacial score (nSPS) is 29.8. The van der Waals surface area contributed by atoms with E-state index in [1.807, 2.05) is 0 Å². The number of nitrogens with zero attached hydrogens (tertiary/aromatic N) is 2. The molecule has 1 aliphatic rings. The summed E-state index contributed by atoms with van der Waals surface area (Å²) < 4.78 is 0. The molecular formula is C12H27N3. The minimum absolute atomic E-state index is 0.306. The number of hydrogen-bond donors (Lipinski definition) is 1. The van der Waals surface area contributed by atoms with E-state index in [2.05, 4.69) is 37.7 Å². The molecule has 0 saturated carbocycles. The van der Waals surface area contributed by atoms with Gasteiger partial charge in [-0.1, -0.05) is 20.3 Å². The average molecular weight is 213 g/mol. The maximum Gasteiger partial charge on any atom is 0.0373 e. The lowest BCUT2D eigenvalue weighted by Crippen LogP contribution is -2.52. The first-order valence-corrected chi connectivity index (χ1v) is 6.20. The first kappa shape index (κ1) is 12.9. The van der Waals surface area contributed by atoms with Crippen LogP contribution in [0.3, 0.4) is 0 Å². The standard InChI is InChI=1S/C12H27N3/c1-5-10(2)12(13)11-9-14(3)7-6-8-15(11)4/h10-12H,5-9,13H2,1-4H3. The van der Waals surface area contributed by atoms with E-state index in [1.165, 1.54) is 25.9 Å². The number of nitrogens with two attached hydrogens (primary N) is 1. The number of rotatable bonds is 3. The molecule has 1 fully saturated rings. The highest BCUT2D eigenvalue weighted by Gasteiger charge is 2.28. The van der Waals surface area contributed by atoms with Crippen molar-refractivity contribution in [3.63, 3.8) is 0 Å². The van der Waals surface area contributed by atoms with Crippen LogP contribution in [0.5, 0.6) is 0 Å². The van der Waals surface area contributed by atoms with Gasteiger partial charge in [-0.3, -0.25) is 0 Å². The summed E-state index contributed by atoms with van der Waals surface area (Å²) >= 11 is 0. The van der Waals surface area contributed by atoms with E-state index in [9.17, 15) is 0 Å². The Morgan fingerprint density at radius 2 is 2.00 bits per heavy atom. The fraction of sp³-hybridized carbons (Fsp3) is 1.00. The summed E-state index contributed by atoms with van der Waals surface area (Å²) in [5, 5.41) is 0. The quantitative estimate of drug-likeness (QED) is 0.759. The van der Waals surface area contributed by atoms with Gasteiger partial charge in [-0.05, 0) is 39.5 Å². The van der Waals surface area contributed by atoms with Crippen molar-refractivity contribution in [3.8, 4) is 0 Å². The van der Waals surface area contributed by atoms with Gasteiger partial charge < -0.3 is 15.5 Å². The van der Waals surface area contributed by atoms with E-state index < -0.39 is 0 Å². The van der Waals surface area contributed by atoms with Crippen LogP contribution < -0.4 is 5.73 Å². The van der Waals surface area contributed by atoms with Gasteiger partial charge in [-0.25, -0.2) is 0 Å². The highest BCUT2D eigenvalue weighted by Crippen LogP contribution is 2.16.